The minimum atomic E-state index is -0.0885. The van der Waals surface area contributed by atoms with Gasteiger partial charge in [-0.2, -0.15) is 0 Å². The molecule has 15 heavy (non-hydrogen) atoms. The summed E-state index contributed by atoms with van der Waals surface area (Å²) >= 11 is 6.02. The highest BCUT2D eigenvalue weighted by molar-refractivity contribution is 6.32. The summed E-state index contributed by atoms with van der Waals surface area (Å²) in [5.41, 5.74) is 2.49. The highest BCUT2D eigenvalue weighted by Crippen LogP contribution is 2.26. The van der Waals surface area contributed by atoms with Gasteiger partial charge in [-0.15, -0.1) is 0 Å². The van der Waals surface area contributed by atoms with Crippen molar-refractivity contribution in [1.82, 2.24) is 4.98 Å². The van der Waals surface area contributed by atoms with Gasteiger partial charge >= 0.3 is 0 Å². The third-order valence-electron chi connectivity index (χ3n) is 2.15. The Morgan fingerprint density at radius 2 is 1.80 bits per heavy atom. The first-order chi connectivity index (χ1) is 7.31. The third-order valence-corrected chi connectivity index (χ3v) is 2.44. The molecule has 2 rings (SSSR count). The molecule has 2 nitrogen and oxygen atoms in total. The molecule has 0 aliphatic carbocycles. The lowest BCUT2D eigenvalue weighted by molar-refractivity contribution is 0.277. The third kappa shape index (κ3) is 2.17. The van der Waals surface area contributed by atoms with Crippen molar-refractivity contribution < 1.29 is 5.11 Å². The van der Waals surface area contributed by atoms with E-state index in [4.69, 9.17) is 16.7 Å². The lowest BCUT2D eigenvalue weighted by Crippen LogP contribution is -1.91. The van der Waals surface area contributed by atoms with Gasteiger partial charge in [0.05, 0.1) is 12.3 Å². The number of halogens is 1. The number of hydrogen-bond donors (Lipinski definition) is 1. The van der Waals surface area contributed by atoms with E-state index in [1.165, 1.54) is 0 Å². The molecule has 0 atom stereocenters. The predicted molar refractivity (Wildman–Crippen MR) is 60.6 cm³/mol. The van der Waals surface area contributed by atoms with Crippen molar-refractivity contribution in [3.63, 3.8) is 0 Å². The van der Waals surface area contributed by atoms with Gasteiger partial charge in [-0.25, -0.2) is 4.98 Å². The molecule has 0 aliphatic heterocycles. The molecule has 0 unspecified atom stereocenters. The highest BCUT2D eigenvalue weighted by Gasteiger charge is 2.04. The van der Waals surface area contributed by atoms with Gasteiger partial charge in [0.2, 0.25) is 0 Å². The molecule has 2 aromatic rings. The highest BCUT2D eigenvalue weighted by atomic mass is 35.5. The summed E-state index contributed by atoms with van der Waals surface area (Å²) in [7, 11) is 0. The van der Waals surface area contributed by atoms with Crippen molar-refractivity contribution in [3.05, 3.63) is 53.3 Å². The molecule has 0 aliphatic rings. The van der Waals surface area contributed by atoms with Crippen LogP contribution in [0.2, 0.25) is 5.15 Å². The van der Waals surface area contributed by atoms with Gasteiger partial charge in [-0.05, 0) is 17.7 Å². The van der Waals surface area contributed by atoms with E-state index in [-0.39, 0.29) is 6.61 Å². The van der Waals surface area contributed by atoms with Crippen LogP contribution in [0, 0.1) is 0 Å². The van der Waals surface area contributed by atoms with Crippen LogP contribution in [0.15, 0.2) is 42.5 Å². The normalized spacial score (nSPS) is 10.3. The maximum absolute atomic E-state index is 8.90. The molecule has 1 aromatic carbocycles. The summed E-state index contributed by atoms with van der Waals surface area (Å²) in [6, 6.07) is 13.4. The van der Waals surface area contributed by atoms with Crippen molar-refractivity contribution in [1.29, 1.82) is 0 Å². The molecule has 1 heterocycles. The number of pyridine rings is 1. The van der Waals surface area contributed by atoms with Gasteiger partial charge < -0.3 is 5.11 Å². The topological polar surface area (TPSA) is 33.1 Å². The second-order valence-electron chi connectivity index (χ2n) is 3.17. The summed E-state index contributed by atoms with van der Waals surface area (Å²) in [6.45, 7) is -0.0885. The van der Waals surface area contributed by atoms with Crippen LogP contribution in [0.3, 0.4) is 0 Å². The number of hydrogen-bond acceptors (Lipinski definition) is 2. The zero-order valence-corrected chi connectivity index (χ0v) is 8.78. The molecule has 0 amide bonds. The standard InChI is InChI=1S/C12H10ClNO/c13-12-11(7-6-10(8-15)14-12)9-4-2-1-3-5-9/h1-7,15H,8H2. The molecule has 0 fully saturated rings. The fourth-order valence-electron chi connectivity index (χ4n) is 1.39. The molecule has 3 heteroatoms. The van der Waals surface area contributed by atoms with Crippen molar-refractivity contribution >= 4 is 11.6 Å². The van der Waals surface area contributed by atoms with Gasteiger partial charge in [-0.3, -0.25) is 0 Å². The lowest BCUT2D eigenvalue weighted by atomic mass is 10.1. The van der Waals surface area contributed by atoms with E-state index in [2.05, 4.69) is 4.98 Å². The molecular weight excluding hydrogens is 210 g/mol. The molecule has 0 radical (unpaired) electrons. The predicted octanol–water partition coefficient (Wildman–Crippen LogP) is 2.89. The largest absolute Gasteiger partial charge is 0.390 e. The molecule has 76 valence electrons. The summed E-state index contributed by atoms with van der Waals surface area (Å²) in [5, 5.41) is 9.33. The van der Waals surface area contributed by atoms with Crippen LogP contribution in [0.1, 0.15) is 5.69 Å². The van der Waals surface area contributed by atoms with E-state index in [1.54, 1.807) is 6.07 Å². The summed E-state index contributed by atoms with van der Waals surface area (Å²) in [5.74, 6) is 0. The number of aromatic nitrogens is 1. The smallest absolute Gasteiger partial charge is 0.137 e. The minimum absolute atomic E-state index is 0.0885. The molecule has 1 aromatic heterocycles. The molecule has 0 spiro atoms. The number of nitrogens with zero attached hydrogens (tertiary/aromatic N) is 1. The van der Waals surface area contributed by atoms with Gasteiger partial charge in [0.25, 0.3) is 0 Å². The summed E-state index contributed by atoms with van der Waals surface area (Å²) < 4.78 is 0. The SMILES string of the molecule is OCc1ccc(-c2ccccc2)c(Cl)n1. The van der Waals surface area contributed by atoms with Crippen LogP contribution >= 0.6 is 11.6 Å². The van der Waals surface area contributed by atoms with Gasteiger partial charge in [0, 0.05) is 5.56 Å². The maximum Gasteiger partial charge on any atom is 0.137 e. The first kappa shape index (κ1) is 10.1. The van der Waals surface area contributed by atoms with Crippen LogP contribution in [0.4, 0.5) is 0 Å². The van der Waals surface area contributed by atoms with Crippen LogP contribution in [0.25, 0.3) is 11.1 Å². The van der Waals surface area contributed by atoms with Gasteiger partial charge in [-0.1, -0.05) is 41.9 Å². The Balaban J connectivity index is 2.46. The lowest BCUT2D eigenvalue weighted by Gasteiger charge is -2.04. The average molecular weight is 220 g/mol. The van der Waals surface area contributed by atoms with Crippen molar-refractivity contribution in [2.45, 2.75) is 6.61 Å². The Labute approximate surface area is 93.2 Å². The fraction of sp³-hybridized carbons (Fsp3) is 0.0833. The van der Waals surface area contributed by atoms with E-state index in [1.807, 2.05) is 36.4 Å². The van der Waals surface area contributed by atoms with E-state index in [0.29, 0.717) is 10.8 Å². The van der Waals surface area contributed by atoms with E-state index < -0.39 is 0 Å². The molecule has 0 saturated carbocycles. The fourth-order valence-corrected chi connectivity index (χ4v) is 1.67. The number of rotatable bonds is 2. The van der Waals surface area contributed by atoms with Crippen LogP contribution < -0.4 is 0 Å². The van der Waals surface area contributed by atoms with Crippen molar-refractivity contribution in [3.8, 4) is 11.1 Å². The zero-order valence-electron chi connectivity index (χ0n) is 8.02. The van der Waals surface area contributed by atoms with Crippen LogP contribution in [0.5, 0.6) is 0 Å². The minimum Gasteiger partial charge on any atom is -0.390 e. The van der Waals surface area contributed by atoms with E-state index >= 15 is 0 Å². The number of benzene rings is 1. The number of aliphatic hydroxyl groups is 1. The van der Waals surface area contributed by atoms with Crippen molar-refractivity contribution in [2.75, 3.05) is 0 Å². The van der Waals surface area contributed by atoms with E-state index in [0.717, 1.165) is 11.1 Å². The Hall–Kier alpha value is -1.38. The van der Waals surface area contributed by atoms with Crippen LogP contribution in [-0.4, -0.2) is 10.1 Å². The Kier molecular flexibility index (Phi) is 2.99. The van der Waals surface area contributed by atoms with E-state index in [9.17, 15) is 0 Å². The average Bonchev–Trinajstić information content (AvgIpc) is 2.30. The molecule has 0 bridgehead atoms. The quantitative estimate of drug-likeness (QED) is 0.788. The van der Waals surface area contributed by atoms with Crippen molar-refractivity contribution in [2.24, 2.45) is 0 Å². The number of aliphatic hydroxyl groups excluding tert-OH is 1. The molecular formula is C12H10ClNO. The Morgan fingerprint density at radius 1 is 1.07 bits per heavy atom. The zero-order chi connectivity index (χ0) is 10.7. The second-order valence-corrected chi connectivity index (χ2v) is 3.52. The molecule has 0 saturated heterocycles. The maximum atomic E-state index is 8.90. The first-order valence-electron chi connectivity index (χ1n) is 4.63. The second kappa shape index (κ2) is 4.43. The first-order valence-corrected chi connectivity index (χ1v) is 5.01. The monoisotopic (exact) mass is 219 g/mol. The Morgan fingerprint density at radius 3 is 2.40 bits per heavy atom. The van der Waals surface area contributed by atoms with Gasteiger partial charge in [0.1, 0.15) is 5.15 Å². The summed E-state index contributed by atoms with van der Waals surface area (Å²) in [6.07, 6.45) is 0. The Bertz CT molecular complexity index is 456. The van der Waals surface area contributed by atoms with Gasteiger partial charge in [0.15, 0.2) is 0 Å². The van der Waals surface area contributed by atoms with Crippen LogP contribution in [-0.2, 0) is 6.61 Å². The summed E-state index contributed by atoms with van der Waals surface area (Å²) in [4.78, 5) is 4.08. The molecule has 1 N–H and O–H groups in total.